The van der Waals surface area contributed by atoms with Crippen LogP contribution < -0.4 is 10.6 Å². The minimum atomic E-state index is -3.21. The second-order valence-electron chi connectivity index (χ2n) is 8.10. The number of rotatable bonds is 10. The first-order valence-electron chi connectivity index (χ1n) is 11.0. The third-order valence-corrected chi connectivity index (χ3v) is 6.23. The molecule has 1 aliphatic rings. The zero-order chi connectivity index (χ0) is 22.0. The van der Waals surface area contributed by atoms with E-state index in [2.05, 4.69) is 27.4 Å². The zero-order valence-corrected chi connectivity index (χ0v) is 19.4. The normalized spacial score (nSPS) is 18.4. The van der Waals surface area contributed by atoms with Crippen LogP contribution >= 0.6 is 0 Å². The van der Waals surface area contributed by atoms with Crippen molar-refractivity contribution in [3.8, 4) is 0 Å². The number of halogens is 1. The van der Waals surface area contributed by atoms with Crippen molar-refractivity contribution in [2.45, 2.75) is 64.3 Å². The van der Waals surface area contributed by atoms with Crippen LogP contribution in [-0.4, -0.2) is 57.8 Å². The molecule has 1 unspecified atom stereocenters. The van der Waals surface area contributed by atoms with Crippen molar-refractivity contribution in [3.63, 3.8) is 0 Å². The van der Waals surface area contributed by atoms with Gasteiger partial charge in [-0.2, -0.15) is 0 Å². The van der Waals surface area contributed by atoms with Crippen LogP contribution in [0, 0.1) is 5.82 Å². The lowest BCUT2D eigenvalue weighted by Crippen LogP contribution is -2.49. The number of benzene rings is 1. The fourth-order valence-electron chi connectivity index (χ4n) is 3.83. The van der Waals surface area contributed by atoms with E-state index < -0.39 is 9.84 Å². The van der Waals surface area contributed by atoms with Gasteiger partial charge in [0, 0.05) is 25.4 Å². The molecule has 1 fully saturated rings. The van der Waals surface area contributed by atoms with Gasteiger partial charge < -0.3 is 10.6 Å². The van der Waals surface area contributed by atoms with Crippen molar-refractivity contribution in [3.05, 3.63) is 35.1 Å². The van der Waals surface area contributed by atoms with E-state index in [1.165, 1.54) is 56.6 Å². The average Bonchev–Trinajstić information content (AvgIpc) is 2.70. The number of unbranched alkanes of at least 4 members (excludes halogenated alkanes) is 1. The van der Waals surface area contributed by atoms with Crippen molar-refractivity contribution < 1.29 is 12.8 Å². The lowest BCUT2D eigenvalue weighted by molar-refractivity contribution is 0.147. The molecule has 1 atom stereocenters. The molecular weight excluding hydrogens is 403 g/mol. The number of piperidine rings is 1. The number of sulfone groups is 1. The van der Waals surface area contributed by atoms with Gasteiger partial charge in [-0.3, -0.25) is 4.90 Å². The standard InChI is InChI=1S/C22H37FN4O2S/c1-4-6-12-27-13-8-7-9-21(27)16-26-22(24-5-2)25-15-19-14-20(23)11-10-18(19)17-30(3,28)29/h10-11,14,21H,4-9,12-13,15-17H2,1-3H3,(H2,24,25,26). The molecule has 170 valence electrons. The molecule has 1 aliphatic heterocycles. The van der Waals surface area contributed by atoms with Gasteiger partial charge in [0.1, 0.15) is 5.82 Å². The van der Waals surface area contributed by atoms with Gasteiger partial charge in [-0.15, -0.1) is 0 Å². The van der Waals surface area contributed by atoms with E-state index in [-0.39, 0.29) is 18.1 Å². The van der Waals surface area contributed by atoms with Crippen LogP contribution in [0.2, 0.25) is 0 Å². The van der Waals surface area contributed by atoms with Crippen molar-refractivity contribution in [2.75, 3.05) is 32.4 Å². The summed E-state index contributed by atoms with van der Waals surface area (Å²) in [5, 5.41) is 6.68. The third kappa shape index (κ3) is 8.60. The molecule has 1 aromatic carbocycles. The van der Waals surface area contributed by atoms with Crippen LogP contribution in [-0.2, 0) is 22.1 Å². The lowest BCUT2D eigenvalue weighted by atomic mass is 10.0. The molecule has 1 heterocycles. The molecule has 0 amide bonds. The van der Waals surface area contributed by atoms with Gasteiger partial charge in [0.15, 0.2) is 15.8 Å². The van der Waals surface area contributed by atoms with Gasteiger partial charge in [0.25, 0.3) is 0 Å². The van der Waals surface area contributed by atoms with Crippen LogP contribution in [0.5, 0.6) is 0 Å². The Hall–Kier alpha value is -1.67. The van der Waals surface area contributed by atoms with E-state index in [9.17, 15) is 12.8 Å². The summed E-state index contributed by atoms with van der Waals surface area (Å²) < 4.78 is 37.2. The minimum Gasteiger partial charge on any atom is -0.357 e. The fraction of sp³-hybridized carbons (Fsp3) is 0.682. The number of hydrogen-bond acceptors (Lipinski definition) is 4. The summed E-state index contributed by atoms with van der Waals surface area (Å²) in [4.78, 5) is 7.17. The van der Waals surface area contributed by atoms with E-state index in [1.54, 1.807) is 0 Å². The molecule has 2 N–H and O–H groups in total. The predicted octanol–water partition coefficient (Wildman–Crippen LogP) is 3.08. The Morgan fingerprint density at radius 3 is 2.73 bits per heavy atom. The minimum absolute atomic E-state index is 0.115. The molecule has 2 rings (SSSR count). The second kappa shape index (κ2) is 12.2. The Morgan fingerprint density at radius 1 is 1.23 bits per heavy atom. The van der Waals surface area contributed by atoms with E-state index in [0.717, 1.165) is 26.2 Å². The molecule has 0 spiro atoms. The molecule has 30 heavy (non-hydrogen) atoms. The number of nitrogens with one attached hydrogen (secondary N) is 2. The third-order valence-electron chi connectivity index (χ3n) is 5.39. The van der Waals surface area contributed by atoms with Gasteiger partial charge in [-0.1, -0.05) is 25.8 Å². The number of aliphatic imine (C=N–C) groups is 1. The van der Waals surface area contributed by atoms with E-state index in [4.69, 9.17) is 0 Å². The second-order valence-corrected chi connectivity index (χ2v) is 10.2. The number of hydrogen-bond donors (Lipinski definition) is 2. The lowest BCUT2D eigenvalue weighted by Gasteiger charge is -2.36. The Balaban J connectivity index is 2.06. The molecule has 0 aromatic heterocycles. The monoisotopic (exact) mass is 440 g/mol. The highest BCUT2D eigenvalue weighted by molar-refractivity contribution is 7.89. The highest BCUT2D eigenvalue weighted by atomic mass is 32.2. The van der Waals surface area contributed by atoms with Crippen molar-refractivity contribution >= 4 is 15.8 Å². The largest absolute Gasteiger partial charge is 0.357 e. The Kier molecular flexibility index (Phi) is 10.0. The molecule has 0 saturated carbocycles. The van der Waals surface area contributed by atoms with E-state index in [0.29, 0.717) is 23.1 Å². The smallest absolute Gasteiger partial charge is 0.191 e. The fourth-order valence-corrected chi connectivity index (χ4v) is 4.68. The number of nitrogens with zero attached hydrogens (tertiary/aromatic N) is 2. The topological polar surface area (TPSA) is 73.8 Å². The van der Waals surface area contributed by atoms with Crippen LogP contribution in [0.15, 0.2) is 23.2 Å². The number of likely N-dealkylation sites (tertiary alicyclic amines) is 1. The summed E-state index contributed by atoms with van der Waals surface area (Å²) >= 11 is 0. The molecule has 0 bridgehead atoms. The maximum Gasteiger partial charge on any atom is 0.191 e. The maximum atomic E-state index is 13.8. The molecular formula is C22H37FN4O2S. The molecule has 8 heteroatoms. The molecule has 0 radical (unpaired) electrons. The van der Waals surface area contributed by atoms with Gasteiger partial charge in [-0.05, 0) is 62.5 Å². The first kappa shape index (κ1) is 24.6. The summed E-state index contributed by atoms with van der Waals surface area (Å²) in [5.74, 6) is 0.175. The first-order valence-corrected chi connectivity index (χ1v) is 13.1. The Morgan fingerprint density at radius 2 is 2.03 bits per heavy atom. The van der Waals surface area contributed by atoms with Crippen LogP contribution in [0.4, 0.5) is 4.39 Å². The summed E-state index contributed by atoms with van der Waals surface area (Å²) in [6.45, 7) is 8.26. The average molecular weight is 441 g/mol. The highest BCUT2D eigenvalue weighted by Crippen LogP contribution is 2.18. The molecule has 6 nitrogen and oxygen atoms in total. The quantitative estimate of drug-likeness (QED) is 0.432. The van der Waals surface area contributed by atoms with Gasteiger partial charge in [0.2, 0.25) is 0 Å². The molecule has 1 aromatic rings. The zero-order valence-electron chi connectivity index (χ0n) is 18.6. The van der Waals surface area contributed by atoms with Gasteiger partial charge in [-0.25, -0.2) is 17.8 Å². The summed E-state index contributed by atoms with van der Waals surface area (Å²) in [7, 11) is -3.21. The summed E-state index contributed by atoms with van der Waals surface area (Å²) in [5.41, 5.74) is 1.19. The van der Waals surface area contributed by atoms with E-state index in [1.807, 2.05) is 6.92 Å². The highest BCUT2D eigenvalue weighted by Gasteiger charge is 2.21. The SMILES string of the molecule is CCCCN1CCCCC1CNC(=NCc1cc(F)ccc1CS(C)(=O)=O)NCC. The Labute approximate surface area is 181 Å². The predicted molar refractivity (Wildman–Crippen MR) is 122 cm³/mol. The van der Waals surface area contributed by atoms with Gasteiger partial charge in [0.05, 0.1) is 12.3 Å². The summed E-state index contributed by atoms with van der Waals surface area (Å²) in [6, 6.07) is 4.70. The maximum absolute atomic E-state index is 13.8. The molecule has 0 aliphatic carbocycles. The number of guanidine groups is 1. The van der Waals surface area contributed by atoms with Gasteiger partial charge >= 0.3 is 0 Å². The van der Waals surface area contributed by atoms with Crippen LogP contribution in [0.25, 0.3) is 0 Å². The van der Waals surface area contributed by atoms with Crippen molar-refractivity contribution in [1.29, 1.82) is 0 Å². The molecule has 1 saturated heterocycles. The first-order chi connectivity index (χ1) is 14.3. The van der Waals surface area contributed by atoms with Crippen LogP contribution in [0.1, 0.15) is 57.1 Å². The summed E-state index contributed by atoms with van der Waals surface area (Å²) in [6.07, 6.45) is 7.29. The Bertz CT molecular complexity index is 798. The van der Waals surface area contributed by atoms with Crippen molar-refractivity contribution in [2.24, 2.45) is 4.99 Å². The van der Waals surface area contributed by atoms with Crippen molar-refractivity contribution in [1.82, 2.24) is 15.5 Å². The van der Waals surface area contributed by atoms with Crippen LogP contribution in [0.3, 0.4) is 0 Å². The van der Waals surface area contributed by atoms with E-state index >= 15 is 0 Å².